The smallest absolute Gasteiger partial charge is 0.190 e. The Kier molecular flexibility index (Phi) is 2.44. The van der Waals surface area contributed by atoms with Crippen LogP contribution in [0.5, 0.6) is 5.75 Å². The third-order valence-electron chi connectivity index (χ3n) is 3.39. The summed E-state index contributed by atoms with van der Waals surface area (Å²) in [6.07, 6.45) is 5.50. The molecule has 2 aromatic rings. The second-order valence-electron chi connectivity index (χ2n) is 4.69. The Labute approximate surface area is 106 Å². The number of hydrogen-bond donors (Lipinski definition) is 1. The Morgan fingerprint density at radius 1 is 1.17 bits per heavy atom. The Bertz CT molecular complexity index is 681. The number of rotatable bonds is 2. The number of phenolic OH excluding ortho intramolecular Hbond substituents is 1. The zero-order valence-corrected chi connectivity index (χ0v) is 10.2. The van der Waals surface area contributed by atoms with Gasteiger partial charge in [-0.3, -0.25) is 4.79 Å². The van der Waals surface area contributed by atoms with E-state index in [0.717, 1.165) is 29.2 Å². The van der Waals surface area contributed by atoms with Gasteiger partial charge in [-0.1, -0.05) is 37.6 Å². The Morgan fingerprint density at radius 3 is 2.78 bits per heavy atom. The highest BCUT2D eigenvalue weighted by Gasteiger charge is 2.19. The maximum absolute atomic E-state index is 11.9. The molecule has 0 radical (unpaired) electrons. The molecular formula is C16H14O2. The van der Waals surface area contributed by atoms with Crippen LogP contribution in [0.3, 0.4) is 0 Å². The van der Waals surface area contributed by atoms with Crippen LogP contribution >= 0.6 is 0 Å². The van der Waals surface area contributed by atoms with Crippen molar-refractivity contribution in [2.24, 2.45) is 0 Å². The van der Waals surface area contributed by atoms with E-state index in [9.17, 15) is 9.90 Å². The molecule has 1 N–H and O–H groups in total. The molecule has 0 fully saturated rings. The maximum Gasteiger partial charge on any atom is 0.190 e. The molecule has 1 aliphatic rings. The van der Waals surface area contributed by atoms with E-state index in [0.29, 0.717) is 5.56 Å². The van der Waals surface area contributed by atoms with E-state index in [4.69, 9.17) is 0 Å². The number of hydrogen-bond acceptors (Lipinski definition) is 2. The van der Waals surface area contributed by atoms with Crippen molar-refractivity contribution in [1.82, 2.24) is 0 Å². The number of ketones is 1. The molecule has 0 heterocycles. The summed E-state index contributed by atoms with van der Waals surface area (Å²) in [6, 6.07) is 7.70. The minimum absolute atomic E-state index is 0.0707. The lowest BCUT2D eigenvalue weighted by Crippen LogP contribution is -2.03. The van der Waals surface area contributed by atoms with Crippen molar-refractivity contribution >= 4 is 22.6 Å². The van der Waals surface area contributed by atoms with E-state index in [2.05, 4.69) is 19.1 Å². The zero-order chi connectivity index (χ0) is 12.7. The molecule has 18 heavy (non-hydrogen) atoms. The van der Waals surface area contributed by atoms with Crippen molar-refractivity contribution in [3.05, 3.63) is 47.0 Å². The second-order valence-corrected chi connectivity index (χ2v) is 4.69. The molecule has 0 unspecified atom stereocenters. The van der Waals surface area contributed by atoms with Crippen LogP contribution in [0.2, 0.25) is 0 Å². The SMILES string of the molecule is CCCc1cc2c3c(c(O)ccc3c1)C(=O)C=C2. The molecule has 2 aromatic carbocycles. The van der Waals surface area contributed by atoms with E-state index in [1.807, 2.05) is 12.1 Å². The zero-order valence-electron chi connectivity index (χ0n) is 10.2. The van der Waals surface area contributed by atoms with Crippen LogP contribution in [0.1, 0.15) is 34.8 Å². The highest BCUT2D eigenvalue weighted by molar-refractivity contribution is 6.21. The van der Waals surface area contributed by atoms with Crippen molar-refractivity contribution in [2.45, 2.75) is 19.8 Å². The number of benzene rings is 2. The minimum Gasteiger partial charge on any atom is -0.507 e. The summed E-state index contributed by atoms with van der Waals surface area (Å²) >= 11 is 0. The van der Waals surface area contributed by atoms with E-state index < -0.39 is 0 Å². The normalized spacial score (nSPS) is 13.3. The number of aryl methyl sites for hydroxylation is 1. The Balaban J connectivity index is 2.38. The molecule has 90 valence electrons. The van der Waals surface area contributed by atoms with Crippen molar-refractivity contribution in [3.8, 4) is 5.75 Å². The average Bonchev–Trinajstić information content (AvgIpc) is 2.36. The summed E-state index contributed by atoms with van der Waals surface area (Å²) in [5.74, 6) is -0.0461. The van der Waals surface area contributed by atoms with Crippen LogP contribution in [-0.4, -0.2) is 10.9 Å². The molecule has 0 bridgehead atoms. The largest absolute Gasteiger partial charge is 0.507 e. The number of carbonyl (C=O) groups excluding carboxylic acids is 1. The summed E-state index contributed by atoms with van der Waals surface area (Å²) in [5, 5.41) is 11.8. The summed E-state index contributed by atoms with van der Waals surface area (Å²) in [6.45, 7) is 2.15. The predicted molar refractivity (Wildman–Crippen MR) is 73.0 cm³/mol. The van der Waals surface area contributed by atoms with Gasteiger partial charge in [0, 0.05) is 5.39 Å². The first kappa shape index (κ1) is 11.0. The first-order chi connectivity index (χ1) is 8.70. The average molecular weight is 238 g/mol. The van der Waals surface area contributed by atoms with Gasteiger partial charge in [0.2, 0.25) is 0 Å². The lowest BCUT2D eigenvalue weighted by molar-refractivity contribution is 0.104. The van der Waals surface area contributed by atoms with Crippen molar-refractivity contribution in [3.63, 3.8) is 0 Å². The standard InChI is InChI=1S/C16H14O2/c1-2-3-10-8-11-4-6-13(17)16-14(18)7-5-12(9-10)15(11)16/h4-9,17H,2-3H2,1H3. The van der Waals surface area contributed by atoms with E-state index in [1.165, 1.54) is 11.6 Å². The molecule has 2 nitrogen and oxygen atoms in total. The van der Waals surface area contributed by atoms with Gasteiger partial charge in [-0.05, 0) is 35.1 Å². The number of phenols is 1. The maximum atomic E-state index is 11.9. The Morgan fingerprint density at radius 2 is 2.00 bits per heavy atom. The van der Waals surface area contributed by atoms with E-state index in [-0.39, 0.29) is 11.5 Å². The minimum atomic E-state index is -0.117. The highest BCUT2D eigenvalue weighted by atomic mass is 16.3. The van der Waals surface area contributed by atoms with Crippen LogP contribution in [0, 0.1) is 0 Å². The number of carbonyl (C=O) groups is 1. The molecule has 0 amide bonds. The van der Waals surface area contributed by atoms with Gasteiger partial charge in [-0.2, -0.15) is 0 Å². The van der Waals surface area contributed by atoms with Gasteiger partial charge in [0.25, 0.3) is 0 Å². The van der Waals surface area contributed by atoms with E-state index >= 15 is 0 Å². The fraction of sp³-hybridized carbons (Fsp3) is 0.188. The second kappa shape index (κ2) is 3.98. The summed E-state index contributed by atoms with van der Waals surface area (Å²) in [5.41, 5.74) is 2.74. The van der Waals surface area contributed by atoms with Gasteiger partial charge >= 0.3 is 0 Å². The molecular weight excluding hydrogens is 224 g/mol. The van der Waals surface area contributed by atoms with Crippen LogP contribution in [0.15, 0.2) is 30.3 Å². The number of aromatic hydroxyl groups is 1. The summed E-state index contributed by atoms with van der Waals surface area (Å²) in [7, 11) is 0. The summed E-state index contributed by atoms with van der Waals surface area (Å²) < 4.78 is 0. The number of allylic oxidation sites excluding steroid dienone is 1. The van der Waals surface area contributed by atoms with E-state index in [1.54, 1.807) is 6.07 Å². The third kappa shape index (κ3) is 1.53. The van der Waals surface area contributed by atoms with Crippen LogP contribution < -0.4 is 0 Å². The molecule has 0 saturated heterocycles. The van der Waals surface area contributed by atoms with Crippen LogP contribution in [0.4, 0.5) is 0 Å². The molecule has 0 aromatic heterocycles. The fourth-order valence-corrected chi connectivity index (χ4v) is 2.62. The topological polar surface area (TPSA) is 37.3 Å². The molecule has 0 aliphatic heterocycles. The summed E-state index contributed by atoms with van der Waals surface area (Å²) in [4.78, 5) is 11.9. The molecule has 1 aliphatic carbocycles. The van der Waals surface area contributed by atoms with Gasteiger partial charge in [0.05, 0.1) is 5.56 Å². The molecule has 0 atom stereocenters. The highest BCUT2D eigenvalue weighted by Crippen LogP contribution is 2.35. The lowest BCUT2D eigenvalue weighted by Gasteiger charge is -2.15. The lowest BCUT2D eigenvalue weighted by atomic mass is 9.89. The third-order valence-corrected chi connectivity index (χ3v) is 3.39. The van der Waals surface area contributed by atoms with Gasteiger partial charge in [0.1, 0.15) is 5.75 Å². The quantitative estimate of drug-likeness (QED) is 0.866. The van der Waals surface area contributed by atoms with Gasteiger partial charge in [-0.15, -0.1) is 0 Å². The van der Waals surface area contributed by atoms with Crippen molar-refractivity contribution in [2.75, 3.05) is 0 Å². The van der Waals surface area contributed by atoms with Crippen molar-refractivity contribution in [1.29, 1.82) is 0 Å². The molecule has 3 rings (SSSR count). The van der Waals surface area contributed by atoms with Gasteiger partial charge in [0.15, 0.2) is 5.78 Å². The molecule has 2 heteroatoms. The monoisotopic (exact) mass is 238 g/mol. The fourth-order valence-electron chi connectivity index (χ4n) is 2.62. The van der Waals surface area contributed by atoms with Crippen LogP contribution in [-0.2, 0) is 6.42 Å². The Hall–Kier alpha value is -2.09. The molecule has 0 spiro atoms. The van der Waals surface area contributed by atoms with Crippen LogP contribution in [0.25, 0.3) is 16.8 Å². The van der Waals surface area contributed by atoms with Crippen molar-refractivity contribution < 1.29 is 9.90 Å². The first-order valence-electron chi connectivity index (χ1n) is 6.21. The predicted octanol–water partition coefficient (Wildman–Crippen LogP) is 3.71. The van der Waals surface area contributed by atoms with Gasteiger partial charge < -0.3 is 5.11 Å². The first-order valence-corrected chi connectivity index (χ1v) is 6.21. The van der Waals surface area contributed by atoms with Gasteiger partial charge in [-0.25, -0.2) is 0 Å². The molecule has 0 saturated carbocycles.